The summed E-state index contributed by atoms with van der Waals surface area (Å²) in [5.41, 5.74) is 0. The second kappa shape index (κ2) is 5.06. The Bertz CT molecular complexity index is 337. The number of hydrogen-bond donors (Lipinski definition) is 1. The molecule has 0 spiro atoms. The van der Waals surface area contributed by atoms with Crippen LogP contribution in [0.25, 0.3) is 0 Å². The number of benzene rings is 1. The van der Waals surface area contributed by atoms with E-state index in [1.807, 2.05) is 6.07 Å². The molecular weight excluding hydrogens is 233 g/mol. The molecule has 1 aromatic rings. The van der Waals surface area contributed by atoms with Crippen molar-refractivity contribution in [3.63, 3.8) is 0 Å². The summed E-state index contributed by atoms with van der Waals surface area (Å²) in [5, 5.41) is 4.46. The van der Waals surface area contributed by atoms with Gasteiger partial charge in [-0.15, -0.1) is 0 Å². The van der Waals surface area contributed by atoms with Gasteiger partial charge in [-0.2, -0.15) is 0 Å². The molecular formula is C11H13Cl2NO. The quantitative estimate of drug-likeness (QED) is 0.884. The van der Waals surface area contributed by atoms with Crippen molar-refractivity contribution in [2.75, 3.05) is 13.2 Å². The predicted octanol–water partition coefficient (Wildman–Crippen LogP) is 3.12. The van der Waals surface area contributed by atoms with Crippen molar-refractivity contribution >= 4 is 23.2 Å². The van der Waals surface area contributed by atoms with E-state index in [0.717, 1.165) is 12.3 Å². The van der Waals surface area contributed by atoms with E-state index in [9.17, 15) is 0 Å². The molecule has 2 nitrogen and oxygen atoms in total. The van der Waals surface area contributed by atoms with Gasteiger partial charge in [0.25, 0.3) is 0 Å². The Morgan fingerprint density at radius 1 is 1.33 bits per heavy atom. The Kier molecular flexibility index (Phi) is 3.73. The van der Waals surface area contributed by atoms with Crippen molar-refractivity contribution in [2.24, 2.45) is 0 Å². The van der Waals surface area contributed by atoms with Crippen LogP contribution in [-0.2, 0) is 0 Å². The fraction of sp³-hybridized carbons (Fsp3) is 0.455. The van der Waals surface area contributed by atoms with Gasteiger partial charge in [0.05, 0.1) is 10.0 Å². The molecule has 1 N–H and O–H groups in total. The SMILES string of the molecule is Clc1ccc(OCC2CCCN2)cc1Cl. The fourth-order valence-corrected chi connectivity index (χ4v) is 1.95. The second-order valence-electron chi connectivity index (χ2n) is 3.68. The molecule has 4 heteroatoms. The predicted molar refractivity (Wildman–Crippen MR) is 63.0 cm³/mol. The zero-order valence-corrected chi connectivity index (χ0v) is 9.81. The first kappa shape index (κ1) is 11.1. The molecule has 1 saturated heterocycles. The van der Waals surface area contributed by atoms with Crippen LogP contribution in [0.5, 0.6) is 5.75 Å². The van der Waals surface area contributed by atoms with Crippen LogP contribution in [0.1, 0.15) is 12.8 Å². The van der Waals surface area contributed by atoms with E-state index in [4.69, 9.17) is 27.9 Å². The average Bonchev–Trinajstić information content (AvgIpc) is 2.73. The lowest BCUT2D eigenvalue weighted by Crippen LogP contribution is -2.28. The van der Waals surface area contributed by atoms with E-state index >= 15 is 0 Å². The monoisotopic (exact) mass is 245 g/mol. The highest BCUT2D eigenvalue weighted by Gasteiger charge is 2.14. The molecule has 1 aliphatic heterocycles. The molecule has 82 valence electrons. The summed E-state index contributed by atoms with van der Waals surface area (Å²) in [4.78, 5) is 0. The highest BCUT2D eigenvalue weighted by Crippen LogP contribution is 2.26. The Morgan fingerprint density at radius 3 is 2.87 bits per heavy atom. The zero-order valence-electron chi connectivity index (χ0n) is 8.30. The molecule has 1 atom stereocenters. The van der Waals surface area contributed by atoms with Crippen LogP contribution in [0, 0.1) is 0 Å². The van der Waals surface area contributed by atoms with E-state index in [1.165, 1.54) is 12.8 Å². The maximum atomic E-state index is 5.88. The molecule has 1 aliphatic rings. The number of nitrogens with one attached hydrogen (secondary N) is 1. The van der Waals surface area contributed by atoms with Crippen LogP contribution in [0.3, 0.4) is 0 Å². The minimum absolute atomic E-state index is 0.472. The molecule has 0 aliphatic carbocycles. The first-order valence-corrected chi connectivity index (χ1v) is 5.82. The van der Waals surface area contributed by atoms with Gasteiger partial charge >= 0.3 is 0 Å². The standard InChI is InChI=1S/C11H13Cl2NO/c12-10-4-3-9(6-11(10)13)15-7-8-2-1-5-14-8/h3-4,6,8,14H,1-2,5,7H2. The summed E-state index contributed by atoms with van der Waals surface area (Å²) >= 11 is 11.7. The van der Waals surface area contributed by atoms with E-state index in [0.29, 0.717) is 22.7 Å². The number of hydrogen-bond acceptors (Lipinski definition) is 2. The summed E-state index contributed by atoms with van der Waals surface area (Å²) < 4.78 is 5.62. The Labute approximate surface area is 99.5 Å². The third-order valence-electron chi connectivity index (χ3n) is 2.50. The molecule has 0 bridgehead atoms. The van der Waals surface area contributed by atoms with Crippen LogP contribution >= 0.6 is 23.2 Å². The van der Waals surface area contributed by atoms with Crippen molar-refractivity contribution < 1.29 is 4.74 Å². The maximum Gasteiger partial charge on any atom is 0.120 e. The van der Waals surface area contributed by atoms with E-state index in [1.54, 1.807) is 12.1 Å². The third kappa shape index (κ3) is 3.00. The number of rotatable bonds is 3. The van der Waals surface area contributed by atoms with E-state index < -0.39 is 0 Å². The molecule has 0 amide bonds. The zero-order chi connectivity index (χ0) is 10.7. The van der Waals surface area contributed by atoms with E-state index in [-0.39, 0.29) is 0 Å². The van der Waals surface area contributed by atoms with Crippen molar-refractivity contribution in [1.29, 1.82) is 0 Å². The Hall–Kier alpha value is -0.440. The molecule has 0 radical (unpaired) electrons. The highest BCUT2D eigenvalue weighted by molar-refractivity contribution is 6.42. The molecule has 0 saturated carbocycles. The van der Waals surface area contributed by atoms with Gasteiger partial charge in [0.15, 0.2) is 0 Å². The maximum absolute atomic E-state index is 5.88. The largest absolute Gasteiger partial charge is 0.492 e. The second-order valence-corrected chi connectivity index (χ2v) is 4.49. The topological polar surface area (TPSA) is 21.3 Å². The lowest BCUT2D eigenvalue weighted by molar-refractivity contribution is 0.277. The molecule has 1 aromatic carbocycles. The van der Waals surface area contributed by atoms with Gasteiger partial charge in [-0.05, 0) is 31.5 Å². The normalized spacial score (nSPS) is 20.5. The van der Waals surface area contributed by atoms with Crippen LogP contribution in [0.4, 0.5) is 0 Å². The van der Waals surface area contributed by atoms with Gasteiger partial charge in [-0.3, -0.25) is 0 Å². The Balaban J connectivity index is 1.90. The molecule has 1 unspecified atom stereocenters. The van der Waals surface area contributed by atoms with Gasteiger partial charge in [0.2, 0.25) is 0 Å². The van der Waals surface area contributed by atoms with Crippen molar-refractivity contribution in [3.05, 3.63) is 28.2 Å². The Morgan fingerprint density at radius 2 is 2.20 bits per heavy atom. The number of halogens is 2. The molecule has 15 heavy (non-hydrogen) atoms. The summed E-state index contributed by atoms with van der Waals surface area (Å²) in [6, 6.07) is 5.81. The lowest BCUT2D eigenvalue weighted by Gasteiger charge is -2.12. The smallest absolute Gasteiger partial charge is 0.120 e. The van der Waals surface area contributed by atoms with Crippen molar-refractivity contribution in [3.8, 4) is 5.75 Å². The van der Waals surface area contributed by atoms with Crippen LogP contribution in [0.15, 0.2) is 18.2 Å². The van der Waals surface area contributed by atoms with Gasteiger partial charge in [0.1, 0.15) is 12.4 Å². The first-order chi connectivity index (χ1) is 7.25. The summed E-state index contributed by atoms with van der Waals surface area (Å²) in [6.07, 6.45) is 2.41. The molecule has 1 fully saturated rings. The van der Waals surface area contributed by atoms with Crippen LogP contribution in [0.2, 0.25) is 10.0 Å². The number of ether oxygens (including phenoxy) is 1. The van der Waals surface area contributed by atoms with Gasteiger partial charge in [0, 0.05) is 12.1 Å². The minimum atomic E-state index is 0.472. The minimum Gasteiger partial charge on any atom is -0.492 e. The van der Waals surface area contributed by atoms with Crippen molar-refractivity contribution in [2.45, 2.75) is 18.9 Å². The molecule has 0 aromatic heterocycles. The summed E-state index contributed by atoms with van der Waals surface area (Å²) in [5.74, 6) is 0.776. The van der Waals surface area contributed by atoms with Gasteiger partial charge in [-0.1, -0.05) is 23.2 Å². The first-order valence-electron chi connectivity index (χ1n) is 5.07. The summed E-state index contributed by atoms with van der Waals surface area (Å²) in [6.45, 7) is 1.79. The molecule has 1 heterocycles. The molecule has 2 rings (SSSR count). The highest BCUT2D eigenvalue weighted by atomic mass is 35.5. The lowest BCUT2D eigenvalue weighted by atomic mass is 10.2. The van der Waals surface area contributed by atoms with Crippen molar-refractivity contribution in [1.82, 2.24) is 5.32 Å². The van der Waals surface area contributed by atoms with Gasteiger partial charge < -0.3 is 10.1 Å². The average molecular weight is 246 g/mol. The van der Waals surface area contributed by atoms with Gasteiger partial charge in [-0.25, -0.2) is 0 Å². The fourth-order valence-electron chi connectivity index (χ4n) is 1.66. The van der Waals surface area contributed by atoms with Crippen LogP contribution < -0.4 is 10.1 Å². The summed E-state index contributed by atoms with van der Waals surface area (Å²) in [7, 11) is 0. The van der Waals surface area contributed by atoms with Crippen LogP contribution in [-0.4, -0.2) is 19.2 Å². The van der Waals surface area contributed by atoms with E-state index in [2.05, 4.69) is 5.32 Å². The third-order valence-corrected chi connectivity index (χ3v) is 3.24.